The fourth-order valence-electron chi connectivity index (χ4n) is 2.82. The van der Waals surface area contributed by atoms with Gasteiger partial charge in [0.05, 0.1) is 0 Å². The zero-order chi connectivity index (χ0) is 12.6. The van der Waals surface area contributed by atoms with Crippen LogP contribution in [0.3, 0.4) is 0 Å². The highest BCUT2D eigenvalue weighted by molar-refractivity contribution is 5.51. The minimum atomic E-state index is 0.226. The predicted octanol–water partition coefficient (Wildman–Crippen LogP) is 4.92. The first kappa shape index (κ1) is 12.2. The zero-order valence-corrected chi connectivity index (χ0v) is 11.6. The van der Waals surface area contributed by atoms with E-state index in [0.717, 1.165) is 6.42 Å². The minimum absolute atomic E-state index is 0.226. The molecule has 0 amide bonds. The van der Waals surface area contributed by atoms with Crippen molar-refractivity contribution in [1.82, 2.24) is 0 Å². The van der Waals surface area contributed by atoms with E-state index in [1.54, 1.807) is 5.57 Å². The van der Waals surface area contributed by atoms with Gasteiger partial charge in [0, 0.05) is 5.41 Å². The van der Waals surface area contributed by atoms with Crippen LogP contribution in [0.1, 0.15) is 40.2 Å². The van der Waals surface area contributed by atoms with Gasteiger partial charge in [0.25, 0.3) is 0 Å². The van der Waals surface area contributed by atoms with Crippen LogP contribution < -0.4 is 0 Å². The fraction of sp³-hybridized carbons (Fsp3) is 0.412. The van der Waals surface area contributed by atoms with E-state index in [1.807, 2.05) is 0 Å². The van der Waals surface area contributed by atoms with Gasteiger partial charge < -0.3 is 0 Å². The number of benzene rings is 1. The highest BCUT2D eigenvalue weighted by Crippen LogP contribution is 2.47. The van der Waals surface area contributed by atoms with Crippen molar-refractivity contribution in [3.8, 4) is 0 Å². The van der Waals surface area contributed by atoms with Gasteiger partial charge in [0.2, 0.25) is 0 Å². The molecular formula is C17H22. The molecule has 90 valence electrons. The molecule has 1 aliphatic rings. The van der Waals surface area contributed by atoms with Gasteiger partial charge in [-0.05, 0) is 43.9 Å². The van der Waals surface area contributed by atoms with Gasteiger partial charge in [-0.3, -0.25) is 0 Å². The Kier molecular flexibility index (Phi) is 2.99. The first-order valence-electron chi connectivity index (χ1n) is 6.37. The highest BCUT2D eigenvalue weighted by atomic mass is 14.4. The molecule has 1 aromatic carbocycles. The summed E-state index contributed by atoms with van der Waals surface area (Å²) in [6.07, 6.45) is 1.08. The van der Waals surface area contributed by atoms with Gasteiger partial charge in [-0.25, -0.2) is 0 Å². The fourth-order valence-corrected chi connectivity index (χ4v) is 2.82. The maximum Gasteiger partial charge on any atom is 0.00762 e. The summed E-state index contributed by atoms with van der Waals surface area (Å²) in [7, 11) is 0. The molecule has 0 heterocycles. The van der Waals surface area contributed by atoms with Gasteiger partial charge in [0.15, 0.2) is 0 Å². The van der Waals surface area contributed by atoms with Crippen LogP contribution in [0.2, 0.25) is 0 Å². The average molecular weight is 226 g/mol. The predicted molar refractivity (Wildman–Crippen MR) is 75.0 cm³/mol. The molecule has 2 rings (SSSR count). The highest BCUT2D eigenvalue weighted by Gasteiger charge is 2.33. The second kappa shape index (κ2) is 4.18. The molecule has 0 nitrogen and oxygen atoms in total. The Labute approximate surface area is 105 Å². The van der Waals surface area contributed by atoms with Crippen LogP contribution in [0.4, 0.5) is 0 Å². The zero-order valence-electron chi connectivity index (χ0n) is 11.6. The van der Waals surface area contributed by atoms with Crippen molar-refractivity contribution < 1.29 is 0 Å². The molecule has 0 radical (unpaired) electrons. The molecular weight excluding hydrogens is 204 g/mol. The second-order valence-electron chi connectivity index (χ2n) is 5.64. The van der Waals surface area contributed by atoms with Crippen LogP contribution in [-0.4, -0.2) is 0 Å². The van der Waals surface area contributed by atoms with Crippen LogP contribution >= 0.6 is 0 Å². The molecule has 0 N–H and O–H groups in total. The normalized spacial score (nSPS) is 19.1. The summed E-state index contributed by atoms with van der Waals surface area (Å²) in [6.45, 7) is 11.5. The summed E-state index contributed by atoms with van der Waals surface area (Å²) in [4.78, 5) is 0. The standard InChI is InChI=1S/C17H22/c1-12-13(2)16(17(4,5)14(12)3)11-15-9-7-6-8-10-15/h6-10H,11H2,1-5H3. The molecule has 0 heteroatoms. The maximum atomic E-state index is 2.35. The van der Waals surface area contributed by atoms with Crippen molar-refractivity contribution in [3.05, 3.63) is 58.2 Å². The van der Waals surface area contributed by atoms with E-state index in [-0.39, 0.29) is 5.41 Å². The van der Waals surface area contributed by atoms with Crippen LogP contribution in [-0.2, 0) is 6.42 Å². The lowest BCUT2D eigenvalue weighted by Gasteiger charge is -2.26. The third-order valence-electron chi connectivity index (χ3n) is 4.49. The number of rotatable bonds is 2. The molecule has 0 saturated carbocycles. The summed E-state index contributed by atoms with van der Waals surface area (Å²) in [5.41, 5.74) is 7.73. The SMILES string of the molecule is CC1=C(C)C(C)(C)C(Cc2ccccc2)=C1C. The molecule has 17 heavy (non-hydrogen) atoms. The second-order valence-corrected chi connectivity index (χ2v) is 5.64. The Bertz CT molecular complexity index is 484. The van der Waals surface area contributed by atoms with Crippen LogP contribution in [0.15, 0.2) is 52.6 Å². The Morgan fingerprint density at radius 2 is 1.47 bits per heavy atom. The van der Waals surface area contributed by atoms with Gasteiger partial charge >= 0.3 is 0 Å². The summed E-state index contributed by atoms with van der Waals surface area (Å²) in [5, 5.41) is 0. The Hall–Kier alpha value is -1.30. The van der Waals surface area contributed by atoms with Crippen molar-refractivity contribution in [2.24, 2.45) is 5.41 Å². The molecule has 0 atom stereocenters. The lowest BCUT2D eigenvalue weighted by atomic mass is 9.78. The third-order valence-corrected chi connectivity index (χ3v) is 4.49. The lowest BCUT2D eigenvalue weighted by Crippen LogP contribution is -2.15. The molecule has 0 saturated heterocycles. The molecule has 1 aromatic rings. The molecule has 0 unspecified atom stereocenters. The van der Waals surface area contributed by atoms with Crippen LogP contribution in [0.5, 0.6) is 0 Å². The Morgan fingerprint density at radius 3 is 1.94 bits per heavy atom. The Balaban J connectivity index is 2.36. The molecule has 0 spiro atoms. The van der Waals surface area contributed by atoms with Crippen molar-refractivity contribution >= 4 is 0 Å². The largest absolute Gasteiger partial charge is 0.0622 e. The molecule has 0 bridgehead atoms. The van der Waals surface area contributed by atoms with E-state index >= 15 is 0 Å². The van der Waals surface area contributed by atoms with Crippen LogP contribution in [0.25, 0.3) is 0 Å². The molecule has 0 fully saturated rings. The molecule has 0 aromatic heterocycles. The minimum Gasteiger partial charge on any atom is -0.0622 e. The third kappa shape index (κ3) is 1.97. The number of allylic oxidation sites excluding steroid dienone is 4. The number of hydrogen-bond donors (Lipinski definition) is 0. The van der Waals surface area contributed by atoms with Gasteiger partial charge in [-0.15, -0.1) is 0 Å². The van der Waals surface area contributed by atoms with Gasteiger partial charge in [-0.1, -0.05) is 55.3 Å². The number of hydrogen-bond acceptors (Lipinski definition) is 0. The molecule has 1 aliphatic carbocycles. The summed E-state index contributed by atoms with van der Waals surface area (Å²) < 4.78 is 0. The van der Waals surface area contributed by atoms with E-state index in [9.17, 15) is 0 Å². The van der Waals surface area contributed by atoms with Gasteiger partial charge in [-0.2, -0.15) is 0 Å². The quantitative estimate of drug-likeness (QED) is 0.671. The van der Waals surface area contributed by atoms with Crippen molar-refractivity contribution in [1.29, 1.82) is 0 Å². The first-order chi connectivity index (χ1) is 7.94. The average Bonchev–Trinajstić information content (AvgIpc) is 2.46. The van der Waals surface area contributed by atoms with E-state index < -0.39 is 0 Å². The topological polar surface area (TPSA) is 0 Å². The van der Waals surface area contributed by atoms with E-state index in [2.05, 4.69) is 65.0 Å². The van der Waals surface area contributed by atoms with Gasteiger partial charge in [0.1, 0.15) is 0 Å². The summed E-state index contributed by atoms with van der Waals surface area (Å²) >= 11 is 0. The van der Waals surface area contributed by atoms with Crippen molar-refractivity contribution in [2.75, 3.05) is 0 Å². The Morgan fingerprint density at radius 1 is 0.882 bits per heavy atom. The summed E-state index contributed by atoms with van der Waals surface area (Å²) in [6, 6.07) is 10.8. The van der Waals surface area contributed by atoms with Crippen molar-refractivity contribution in [3.63, 3.8) is 0 Å². The van der Waals surface area contributed by atoms with E-state index in [1.165, 1.54) is 22.3 Å². The monoisotopic (exact) mass is 226 g/mol. The maximum absolute atomic E-state index is 2.35. The van der Waals surface area contributed by atoms with Crippen molar-refractivity contribution in [2.45, 2.75) is 41.0 Å². The smallest absolute Gasteiger partial charge is 0.00762 e. The van der Waals surface area contributed by atoms with Crippen LogP contribution in [0, 0.1) is 5.41 Å². The lowest BCUT2D eigenvalue weighted by molar-refractivity contribution is 0.534. The summed E-state index contributed by atoms with van der Waals surface area (Å²) in [5.74, 6) is 0. The first-order valence-corrected chi connectivity index (χ1v) is 6.37. The molecule has 0 aliphatic heterocycles. The van der Waals surface area contributed by atoms with E-state index in [4.69, 9.17) is 0 Å². The van der Waals surface area contributed by atoms with E-state index in [0.29, 0.717) is 0 Å².